The molecule has 0 radical (unpaired) electrons. The molecule has 0 spiro atoms. The van der Waals surface area contributed by atoms with Crippen molar-refractivity contribution in [2.75, 3.05) is 7.11 Å². The van der Waals surface area contributed by atoms with Crippen LogP contribution in [0.2, 0.25) is 0 Å². The van der Waals surface area contributed by atoms with Gasteiger partial charge in [0.25, 0.3) is 0 Å². The first kappa shape index (κ1) is 18.6. The largest absolute Gasteiger partial charge is 1.00 e. The van der Waals surface area contributed by atoms with Crippen molar-refractivity contribution in [3.05, 3.63) is 72.8 Å². The van der Waals surface area contributed by atoms with Gasteiger partial charge in [-0.05, 0) is 47.2 Å². The van der Waals surface area contributed by atoms with Crippen LogP contribution in [0.4, 0.5) is 0 Å². The molecule has 0 saturated heterocycles. The monoisotopic (exact) mass is 302 g/mol. The van der Waals surface area contributed by atoms with Gasteiger partial charge in [-0.25, -0.2) is 0 Å². The molecule has 22 heavy (non-hydrogen) atoms. The molecule has 0 bridgehead atoms. The van der Waals surface area contributed by atoms with E-state index in [9.17, 15) is 5.11 Å². The molecule has 0 aliphatic heterocycles. The third kappa shape index (κ3) is 4.26. The summed E-state index contributed by atoms with van der Waals surface area (Å²) < 4.78 is 5.34. The fourth-order valence-corrected chi connectivity index (χ4v) is 2.36. The predicted octanol–water partition coefficient (Wildman–Crippen LogP) is 0.897. The fraction of sp³-hybridized carbons (Fsp3) is 0.158. The van der Waals surface area contributed by atoms with E-state index < -0.39 is 0 Å². The summed E-state index contributed by atoms with van der Waals surface area (Å²) in [7, 11) is 1.64. The van der Waals surface area contributed by atoms with Crippen LogP contribution in [0.3, 0.4) is 0 Å². The van der Waals surface area contributed by atoms with E-state index in [1.807, 2.05) is 42.5 Å². The zero-order valence-corrected chi connectivity index (χ0v) is 15.3. The summed E-state index contributed by atoms with van der Waals surface area (Å²) >= 11 is 0. The van der Waals surface area contributed by atoms with Gasteiger partial charge in [-0.3, -0.25) is 0 Å². The van der Waals surface area contributed by atoms with Crippen molar-refractivity contribution < 1.29 is 39.4 Å². The Morgan fingerprint density at radius 3 is 2.41 bits per heavy atom. The maximum Gasteiger partial charge on any atom is 1.00 e. The second-order valence-corrected chi connectivity index (χ2v) is 4.84. The van der Waals surface area contributed by atoms with Gasteiger partial charge in [-0.1, -0.05) is 36.4 Å². The molecule has 2 aromatic carbocycles. The molecule has 0 aromatic heterocycles. The zero-order chi connectivity index (χ0) is 15.2. The minimum absolute atomic E-state index is 0. The minimum Gasteiger partial charge on any atom is -0.872 e. The van der Waals surface area contributed by atoms with E-state index >= 15 is 0 Å². The first-order valence-electron chi connectivity index (χ1n) is 6.88. The maximum absolute atomic E-state index is 12.1. The number of hydrogen-bond acceptors (Lipinski definition) is 2. The van der Waals surface area contributed by atoms with E-state index in [0.717, 1.165) is 28.9 Å². The summed E-state index contributed by atoms with van der Waals surface area (Å²) in [5.74, 6) is 0.839. The van der Waals surface area contributed by atoms with Crippen LogP contribution >= 0.6 is 0 Å². The van der Waals surface area contributed by atoms with Crippen molar-refractivity contribution in [2.24, 2.45) is 0 Å². The van der Waals surface area contributed by atoms with Crippen LogP contribution in [0.25, 0.3) is 11.1 Å². The Balaban J connectivity index is 0.00000242. The van der Waals surface area contributed by atoms with Crippen LogP contribution in [0.5, 0.6) is 11.5 Å². The van der Waals surface area contributed by atoms with E-state index in [2.05, 4.69) is 13.2 Å². The molecule has 0 amide bonds. The Kier molecular flexibility index (Phi) is 7.46. The van der Waals surface area contributed by atoms with Crippen molar-refractivity contribution in [1.82, 2.24) is 0 Å². The standard InChI is InChI=1S/C19H20O2.Na/c1-4-6-14-8-10-18(20)17(12-14)15-9-11-19(21-3)16(13-15)7-5-2;/h4-5,8-13,20H,1-2,6-7H2,3H3;/q;+1/p-1. The smallest absolute Gasteiger partial charge is 0.872 e. The summed E-state index contributed by atoms with van der Waals surface area (Å²) in [5.41, 5.74) is 3.73. The van der Waals surface area contributed by atoms with E-state index in [4.69, 9.17) is 4.74 Å². The third-order valence-electron chi connectivity index (χ3n) is 3.38. The van der Waals surface area contributed by atoms with Gasteiger partial charge in [0.15, 0.2) is 0 Å². The first-order chi connectivity index (χ1) is 10.2. The molecule has 108 valence electrons. The van der Waals surface area contributed by atoms with Crippen LogP contribution < -0.4 is 39.4 Å². The first-order valence-corrected chi connectivity index (χ1v) is 6.88. The number of benzene rings is 2. The summed E-state index contributed by atoms with van der Waals surface area (Å²) in [6, 6.07) is 11.2. The van der Waals surface area contributed by atoms with Gasteiger partial charge >= 0.3 is 29.6 Å². The molecule has 2 nitrogen and oxygen atoms in total. The summed E-state index contributed by atoms with van der Waals surface area (Å²) in [4.78, 5) is 0. The van der Waals surface area contributed by atoms with Gasteiger partial charge < -0.3 is 9.84 Å². The predicted molar refractivity (Wildman–Crippen MR) is 85.7 cm³/mol. The molecule has 2 rings (SSSR count). The van der Waals surface area contributed by atoms with Crippen molar-refractivity contribution in [1.29, 1.82) is 0 Å². The summed E-state index contributed by atoms with van der Waals surface area (Å²) in [6.45, 7) is 7.50. The van der Waals surface area contributed by atoms with Crippen LogP contribution in [0, 0.1) is 0 Å². The Morgan fingerprint density at radius 2 is 1.77 bits per heavy atom. The number of hydrogen-bond donors (Lipinski definition) is 0. The molecule has 0 saturated carbocycles. The molecular weight excluding hydrogens is 283 g/mol. The van der Waals surface area contributed by atoms with Gasteiger partial charge in [-0.15, -0.1) is 18.9 Å². The third-order valence-corrected chi connectivity index (χ3v) is 3.38. The molecule has 0 N–H and O–H groups in total. The number of rotatable bonds is 6. The molecular formula is C19H19NaO2. The molecule has 0 aliphatic carbocycles. The van der Waals surface area contributed by atoms with Crippen molar-refractivity contribution >= 4 is 0 Å². The fourth-order valence-electron chi connectivity index (χ4n) is 2.36. The van der Waals surface area contributed by atoms with Crippen molar-refractivity contribution in [2.45, 2.75) is 12.8 Å². The maximum atomic E-state index is 12.1. The van der Waals surface area contributed by atoms with Gasteiger partial charge in [0, 0.05) is 0 Å². The molecule has 2 aromatic rings. The average molecular weight is 302 g/mol. The second kappa shape index (κ2) is 8.84. The number of allylic oxidation sites excluding steroid dienone is 2. The van der Waals surface area contributed by atoms with E-state index in [-0.39, 0.29) is 35.3 Å². The Morgan fingerprint density at radius 1 is 1.05 bits per heavy atom. The Bertz CT molecular complexity index is 662. The number of ether oxygens (including phenoxy) is 1. The van der Waals surface area contributed by atoms with Crippen LogP contribution in [-0.2, 0) is 12.8 Å². The normalized spacial score (nSPS) is 9.68. The van der Waals surface area contributed by atoms with E-state index in [0.29, 0.717) is 12.0 Å². The van der Waals surface area contributed by atoms with Crippen molar-refractivity contribution in [3.63, 3.8) is 0 Å². The van der Waals surface area contributed by atoms with Crippen LogP contribution in [0.15, 0.2) is 61.7 Å². The Labute approximate surface area is 154 Å². The summed E-state index contributed by atoms with van der Waals surface area (Å²) in [6.07, 6.45) is 5.12. The second-order valence-electron chi connectivity index (χ2n) is 4.84. The van der Waals surface area contributed by atoms with Gasteiger partial charge in [0.2, 0.25) is 0 Å². The van der Waals surface area contributed by atoms with Gasteiger partial charge in [0.05, 0.1) is 7.11 Å². The molecule has 0 aliphatic rings. The van der Waals surface area contributed by atoms with Gasteiger partial charge in [0.1, 0.15) is 5.75 Å². The Hall–Kier alpha value is -1.48. The van der Waals surface area contributed by atoms with Gasteiger partial charge in [-0.2, -0.15) is 0 Å². The molecule has 0 fully saturated rings. The van der Waals surface area contributed by atoms with Crippen LogP contribution in [0.1, 0.15) is 11.1 Å². The molecule has 0 atom stereocenters. The minimum atomic E-state index is 0. The SMILES string of the molecule is C=CCc1ccc([O-])c(-c2ccc(OC)c(CC=C)c2)c1.[Na+]. The number of methoxy groups -OCH3 is 1. The zero-order valence-electron chi connectivity index (χ0n) is 13.3. The summed E-state index contributed by atoms with van der Waals surface area (Å²) in [5, 5.41) is 12.1. The van der Waals surface area contributed by atoms with E-state index in [1.54, 1.807) is 13.2 Å². The molecule has 0 unspecified atom stereocenters. The quantitative estimate of drug-likeness (QED) is 0.586. The average Bonchev–Trinajstić information content (AvgIpc) is 2.50. The molecule has 3 heteroatoms. The van der Waals surface area contributed by atoms with E-state index in [1.165, 1.54) is 0 Å². The van der Waals surface area contributed by atoms with Crippen LogP contribution in [-0.4, -0.2) is 7.11 Å². The van der Waals surface area contributed by atoms with Crippen molar-refractivity contribution in [3.8, 4) is 22.6 Å². The molecule has 0 heterocycles. The topological polar surface area (TPSA) is 32.3 Å².